The van der Waals surface area contributed by atoms with Gasteiger partial charge in [0.25, 0.3) is 0 Å². The highest BCUT2D eigenvalue weighted by molar-refractivity contribution is 9.09. The fourth-order valence-electron chi connectivity index (χ4n) is 3.49. The summed E-state index contributed by atoms with van der Waals surface area (Å²) in [6.07, 6.45) is 9.75. The summed E-state index contributed by atoms with van der Waals surface area (Å²) in [6.45, 7) is 3.80. The first kappa shape index (κ1) is 39.3. The molecule has 4 aromatic rings. The van der Waals surface area contributed by atoms with Crippen molar-refractivity contribution in [3.05, 3.63) is 119 Å². The molecule has 0 spiro atoms. The zero-order valence-electron chi connectivity index (χ0n) is 24.4. The van der Waals surface area contributed by atoms with Crippen LogP contribution in [0.15, 0.2) is 97.3 Å². The van der Waals surface area contributed by atoms with Gasteiger partial charge in [-0.15, -0.1) is 0 Å². The molecule has 0 saturated carbocycles. The number of pyridine rings is 2. The van der Waals surface area contributed by atoms with Crippen molar-refractivity contribution >= 4 is 39.1 Å². The Balaban J connectivity index is 0.000000362. The van der Waals surface area contributed by atoms with Crippen molar-refractivity contribution in [2.24, 2.45) is 0 Å². The maximum atomic E-state index is 8.64. The second-order valence-corrected chi connectivity index (χ2v) is 11.0. The lowest BCUT2D eigenvalue weighted by molar-refractivity contribution is 0.116. The van der Waals surface area contributed by atoms with E-state index in [-0.39, 0.29) is 13.2 Å². The third kappa shape index (κ3) is 21.1. The number of nitrogens with zero attached hydrogens (tertiary/aromatic N) is 2. The van der Waals surface area contributed by atoms with Crippen LogP contribution in [0.25, 0.3) is 0 Å². The highest BCUT2D eigenvalue weighted by Crippen LogP contribution is 2.13. The van der Waals surface area contributed by atoms with Gasteiger partial charge in [0.15, 0.2) is 0 Å². The quantitative estimate of drug-likeness (QED) is 0.0710. The molecule has 0 atom stereocenters. The van der Waals surface area contributed by atoms with Crippen molar-refractivity contribution in [2.45, 2.75) is 59.2 Å². The summed E-state index contributed by atoms with van der Waals surface area (Å²) >= 11 is 14.5. The van der Waals surface area contributed by atoms with E-state index in [9.17, 15) is 0 Å². The lowest BCUT2D eigenvalue weighted by atomic mass is 10.2. The minimum atomic E-state index is 0. The Morgan fingerprint density at radius 2 is 1.09 bits per heavy atom. The minimum absolute atomic E-state index is 0. The number of aromatic nitrogens is 2. The standard InChI is InChI=1S/C17H20ClNO2.C12H17BrO.C5H4ClNO.CH4/c18-17-10-9-16(13-19-17)21-12-6-2-5-11-20-14-15-7-3-1-4-8-15;13-9-5-2-6-10-14-11-12-7-3-1-4-8-12;6-5-2-1-4(8)3-7-5;/h1,3-4,7-10,13H,2,5-6,11-12,14H2;1,3-4,7-8H,2,5-6,9-11H2;1-3,8H;1H4. The Hall–Kier alpha value is -2.68. The average molecular weight is 709 g/mol. The van der Waals surface area contributed by atoms with E-state index >= 15 is 0 Å². The van der Waals surface area contributed by atoms with Crippen molar-refractivity contribution < 1.29 is 19.3 Å². The lowest BCUT2D eigenvalue weighted by Crippen LogP contribution is -2.00. The van der Waals surface area contributed by atoms with Gasteiger partial charge >= 0.3 is 0 Å². The maximum absolute atomic E-state index is 8.64. The lowest BCUT2D eigenvalue weighted by Gasteiger charge is -2.06. The number of ether oxygens (including phenoxy) is 3. The van der Waals surface area contributed by atoms with E-state index < -0.39 is 0 Å². The Morgan fingerprint density at radius 1 is 0.591 bits per heavy atom. The molecule has 4 rings (SSSR count). The van der Waals surface area contributed by atoms with Gasteiger partial charge in [0.05, 0.1) is 32.2 Å². The molecule has 0 saturated heterocycles. The van der Waals surface area contributed by atoms with Gasteiger partial charge in [-0.25, -0.2) is 9.97 Å². The molecule has 240 valence electrons. The van der Waals surface area contributed by atoms with Crippen LogP contribution >= 0.6 is 39.1 Å². The van der Waals surface area contributed by atoms with Gasteiger partial charge in [0.2, 0.25) is 0 Å². The van der Waals surface area contributed by atoms with Gasteiger partial charge in [-0.3, -0.25) is 0 Å². The Morgan fingerprint density at radius 3 is 1.55 bits per heavy atom. The number of halogens is 3. The molecule has 2 aromatic heterocycles. The van der Waals surface area contributed by atoms with E-state index in [1.54, 1.807) is 12.3 Å². The second kappa shape index (κ2) is 26.7. The molecule has 0 aliphatic heterocycles. The van der Waals surface area contributed by atoms with Crippen molar-refractivity contribution in [1.29, 1.82) is 0 Å². The first-order valence-electron chi connectivity index (χ1n) is 14.4. The molecule has 0 fully saturated rings. The molecule has 0 aliphatic carbocycles. The van der Waals surface area contributed by atoms with Crippen molar-refractivity contribution in [2.75, 3.05) is 25.2 Å². The fourth-order valence-corrected chi connectivity index (χ4v) is 4.11. The Bertz CT molecular complexity index is 1170. The van der Waals surface area contributed by atoms with E-state index in [0.717, 1.165) is 50.2 Å². The molecule has 2 heterocycles. The van der Waals surface area contributed by atoms with Gasteiger partial charge in [0, 0.05) is 18.5 Å². The maximum Gasteiger partial charge on any atom is 0.137 e. The topological polar surface area (TPSA) is 73.7 Å². The predicted octanol–water partition coefficient (Wildman–Crippen LogP) is 10.3. The van der Waals surface area contributed by atoms with Crippen LogP contribution in [-0.4, -0.2) is 40.2 Å². The molecule has 0 unspecified atom stereocenters. The van der Waals surface area contributed by atoms with Gasteiger partial charge < -0.3 is 19.3 Å². The van der Waals surface area contributed by atoms with Crippen LogP contribution in [0.3, 0.4) is 0 Å². The molecule has 2 aromatic carbocycles. The first-order valence-corrected chi connectivity index (χ1v) is 16.3. The molecule has 1 N–H and O–H groups in total. The third-order valence-electron chi connectivity index (χ3n) is 5.76. The zero-order valence-corrected chi connectivity index (χ0v) is 27.5. The summed E-state index contributed by atoms with van der Waals surface area (Å²) in [4.78, 5) is 7.56. The molecule has 44 heavy (non-hydrogen) atoms. The number of aromatic hydroxyl groups is 1. The van der Waals surface area contributed by atoms with E-state index in [4.69, 9.17) is 42.5 Å². The van der Waals surface area contributed by atoms with Crippen molar-refractivity contribution in [1.82, 2.24) is 9.97 Å². The monoisotopic (exact) mass is 706 g/mol. The minimum Gasteiger partial charge on any atom is -0.506 e. The van der Waals surface area contributed by atoms with Crippen molar-refractivity contribution in [3.63, 3.8) is 0 Å². The van der Waals surface area contributed by atoms with Crippen molar-refractivity contribution in [3.8, 4) is 11.5 Å². The van der Waals surface area contributed by atoms with E-state index in [1.165, 1.54) is 48.7 Å². The van der Waals surface area contributed by atoms with Crippen LogP contribution in [0.2, 0.25) is 10.3 Å². The van der Waals surface area contributed by atoms with E-state index in [2.05, 4.69) is 50.2 Å². The van der Waals surface area contributed by atoms with Crippen LogP contribution in [0.5, 0.6) is 11.5 Å². The summed E-state index contributed by atoms with van der Waals surface area (Å²) in [5.41, 5.74) is 2.48. The second-order valence-electron chi connectivity index (χ2n) is 9.39. The van der Waals surface area contributed by atoms with Gasteiger partial charge in [-0.2, -0.15) is 0 Å². The molecular weight excluding hydrogens is 663 g/mol. The molecule has 6 nitrogen and oxygen atoms in total. The zero-order chi connectivity index (χ0) is 30.8. The number of rotatable bonds is 16. The van der Waals surface area contributed by atoms with Crippen LogP contribution in [0.1, 0.15) is 57.1 Å². The third-order valence-corrected chi connectivity index (χ3v) is 6.77. The number of alkyl halides is 1. The summed E-state index contributed by atoms with van der Waals surface area (Å²) in [5, 5.41) is 10.6. The molecular formula is C35H45BrCl2N2O4. The number of hydrogen-bond acceptors (Lipinski definition) is 6. The summed E-state index contributed by atoms with van der Waals surface area (Å²) in [5.74, 6) is 0.897. The van der Waals surface area contributed by atoms with Gasteiger partial charge in [-0.05, 0) is 67.5 Å². The summed E-state index contributed by atoms with van der Waals surface area (Å²) < 4.78 is 16.8. The van der Waals surface area contributed by atoms with Crippen LogP contribution in [0, 0.1) is 0 Å². The Labute approximate surface area is 281 Å². The molecule has 0 amide bonds. The number of hydrogen-bond donors (Lipinski definition) is 1. The predicted molar refractivity (Wildman–Crippen MR) is 186 cm³/mol. The normalized spacial score (nSPS) is 9.98. The smallest absolute Gasteiger partial charge is 0.137 e. The van der Waals surface area contributed by atoms with Crippen LogP contribution in [0.4, 0.5) is 0 Å². The SMILES string of the molecule is BrCCCCCOCc1ccccc1.C.Clc1ccc(OCCCCCOCc2ccccc2)cn1.Oc1ccc(Cl)nc1. The highest BCUT2D eigenvalue weighted by Gasteiger charge is 1.97. The highest BCUT2D eigenvalue weighted by atomic mass is 79.9. The van der Waals surface area contributed by atoms with E-state index in [0.29, 0.717) is 23.5 Å². The van der Waals surface area contributed by atoms with E-state index in [1.807, 2.05) is 42.5 Å². The van der Waals surface area contributed by atoms with Gasteiger partial charge in [0.1, 0.15) is 21.8 Å². The van der Waals surface area contributed by atoms with Gasteiger partial charge in [-0.1, -0.05) is 114 Å². The number of unbranched alkanes of at least 4 members (excludes halogenated alkanes) is 4. The average Bonchev–Trinajstić information content (AvgIpc) is 3.04. The molecule has 0 aliphatic rings. The summed E-state index contributed by atoms with van der Waals surface area (Å²) in [7, 11) is 0. The van der Waals surface area contributed by atoms with Crippen LogP contribution in [-0.2, 0) is 22.7 Å². The first-order chi connectivity index (χ1) is 21.1. The largest absolute Gasteiger partial charge is 0.506 e. The Kier molecular flexibility index (Phi) is 23.9. The summed E-state index contributed by atoms with van der Waals surface area (Å²) in [6, 6.07) is 27.1. The number of benzene rings is 2. The molecule has 9 heteroatoms. The van der Waals surface area contributed by atoms with Crippen LogP contribution < -0.4 is 4.74 Å². The molecule has 0 bridgehead atoms. The molecule has 0 radical (unpaired) electrons. The fraction of sp³-hybridized carbons (Fsp3) is 0.371.